The summed E-state index contributed by atoms with van der Waals surface area (Å²) in [4.78, 5) is 42.6. The lowest BCUT2D eigenvalue weighted by atomic mass is 9.83. The maximum Gasteiger partial charge on any atom is 0.314 e. The number of carbonyl (C=O) groups is 1. The van der Waals surface area contributed by atoms with Crippen molar-refractivity contribution >= 4 is 16.9 Å². The minimum atomic E-state index is -0.708. The van der Waals surface area contributed by atoms with Crippen LogP contribution in [0, 0.1) is 11.8 Å². The molecule has 24 heavy (non-hydrogen) atoms. The van der Waals surface area contributed by atoms with Gasteiger partial charge in [-0.05, 0) is 49.8 Å². The Kier molecular flexibility index (Phi) is 3.40. The molecule has 0 bridgehead atoms. The van der Waals surface area contributed by atoms with E-state index in [4.69, 9.17) is 0 Å². The Morgan fingerprint density at radius 2 is 1.79 bits per heavy atom. The molecule has 124 valence electrons. The number of rotatable bonds is 1. The number of hydrogen-bond donors (Lipinski definition) is 2. The van der Waals surface area contributed by atoms with Gasteiger partial charge >= 0.3 is 11.1 Å². The first-order valence-corrected chi connectivity index (χ1v) is 8.22. The summed E-state index contributed by atoms with van der Waals surface area (Å²) >= 11 is 0. The average Bonchev–Trinajstić information content (AvgIpc) is 2.98. The molecule has 1 aliphatic carbocycles. The Morgan fingerprint density at radius 1 is 1.08 bits per heavy atom. The highest BCUT2D eigenvalue weighted by atomic mass is 16.2. The summed E-state index contributed by atoms with van der Waals surface area (Å²) in [5.74, 6) is 1.08. The number of hydrogen-bond acceptors (Lipinski definition) is 3. The molecular weight excluding hydrogens is 306 g/mol. The summed E-state index contributed by atoms with van der Waals surface area (Å²) in [6.07, 6.45) is 4.40. The fourth-order valence-corrected chi connectivity index (χ4v) is 3.88. The van der Waals surface area contributed by atoms with Gasteiger partial charge in [0.25, 0.3) is 5.91 Å². The van der Waals surface area contributed by atoms with Crippen molar-refractivity contribution in [3.05, 3.63) is 56.1 Å². The van der Waals surface area contributed by atoms with Crippen LogP contribution in [0.25, 0.3) is 11.0 Å². The van der Waals surface area contributed by atoms with Crippen LogP contribution in [0.1, 0.15) is 30.1 Å². The number of H-pyrrole nitrogens is 2. The molecule has 0 radical (unpaired) electrons. The molecular formula is C18H19N3O3. The Morgan fingerprint density at radius 3 is 2.58 bits per heavy atom. The van der Waals surface area contributed by atoms with Crippen molar-refractivity contribution in [1.82, 2.24) is 14.9 Å². The van der Waals surface area contributed by atoms with Crippen molar-refractivity contribution in [3.63, 3.8) is 0 Å². The zero-order valence-corrected chi connectivity index (χ0v) is 13.5. The minimum absolute atomic E-state index is 0.0176. The lowest BCUT2D eigenvalue weighted by molar-refractivity contribution is 0.0784. The van der Waals surface area contributed by atoms with Crippen LogP contribution in [0.15, 0.2) is 39.4 Å². The average molecular weight is 325 g/mol. The van der Waals surface area contributed by atoms with Gasteiger partial charge in [0.1, 0.15) is 0 Å². The monoisotopic (exact) mass is 325 g/mol. The molecule has 1 fully saturated rings. The molecule has 6 heteroatoms. The van der Waals surface area contributed by atoms with E-state index in [-0.39, 0.29) is 5.91 Å². The van der Waals surface area contributed by atoms with Gasteiger partial charge in [-0.25, -0.2) is 0 Å². The smallest absolute Gasteiger partial charge is 0.314 e. The van der Waals surface area contributed by atoms with Crippen LogP contribution in [0.3, 0.4) is 0 Å². The predicted octanol–water partition coefficient (Wildman–Crippen LogP) is 1.64. The number of allylic oxidation sites excluding steroid dienone is 2. The summed E-state index contributed by atoms with van der Waals surface area (Å²) in [5.41, 5.74) is 1.55. The summed E-state index contributed by atoms with van der Waals surface area (Å²) < 4.78 is 0. The van der Waals surface area contributed by atoms with Gasteiger partial charge in [-0.1, -0.05) is 11.6 Å². The van der Waals surface area contributed by atoms with E-state index in [1.807, 2.05) is 4.90 Å². The summed E-state index contributed by atoms with van der Waals surface area (Å²) in [6, 6.07) is 5.00. The molecule has 2 aliphatic rings. The highest BCUT2D eigenvalue weighted by molar-refractivity contribution is 5.97. The molecule has 0 saturated carbocycles. The van der Waals surface area contributed by atoms with Crippen molar-refractivity contribution in [2.24, 2.45) is 11.8 Å². The van der Waals surface area contributed by atoms with E-state index >= 15 is 0 Å². The topological polar surface area (TPSA) is 86.0 Å². The van der Waals surface area contributed by atoms with Gasteiger partial charge in [-0.2, -0.15) is 0 Å². The molecule has 1 amide bonds. The minimum Gasteiger partial charge on any atom is -0.338 e. The second-order valence-corrected chi connectivity index (χ2v) is 6.89. The SMILES string of the molecule is CC1=CC[C@H]2CN(C(=O)c3ccc4[nH]c(=O)c(=O)[nH]c4c3)C[C@H]2C1. The van der Waals surface area contributed by atoms with Crippen LogP contribution in [-0.4, -0.2) is 33.9 Å². The molecule has 1 aromatic heterocycles. The van der Waals surface area contributed by atoms with E-state index in [0.717, 1.165) is 25.9 Å². The Bertz CT molecular complexity index is 969. The molecule has 2 aromatic rings. The highest BCUT2D eigenvalue weighted by Crippen LogP contribution is 2.36. The number of fused-ring (bicyclic) bond motifs is 2. The second-order valence-electron chi connectivity index (χ2n) is 6.89. The molecule has 0 unspecified atom stereocenters. The number of aromatic nitrogens is 2. The van der Waals surface area contributed by atoms with E-state index in [1.54, 1.807) is 18.2 Å². The second kappa shape index (κ2) is 5.47. The first-order chi connectivity index (χ1) is 11.5. The largest absolute Gasteiger partial charge is 0.338 e. The Balaban J connectivity index is 1.61. The molecule has 1 saturated heterocycles. The van der Waals surface area contributed by atoms with Crippen molar-refractivity contribution in [2.75, 3.05) is 13.1 Å². The molecule has 2 heterocycles. The molecule has 6 nitrogen and oxygen atoms in total. The normalized spacial score (nSPS) is 23.2. The summed E-state index contributed by atoms with van der Waals surface area (Å²) in [5, 5.41) is 0. The molecule has 2 atom stereocenters. The first-order valence-electron chi connectivity index (χ1n) is 8.22. The van der Waals surface area contributed by atoms with Crippen molar-refractivity contribution in [2.45, 2.75) is 19.8 Å². The third kappa shape index (κ3) is 2.48. The molecule has 2 N–H and O–H groups in total. The number of nitrogens with one attached hydrogen (secondary N) is 2. The van der Waals surface area contributed by atoms with E-state index in [2.05, 4.69) is 23.0 Å². The van der Waals surface area contributed by atoms with Crippen LogP contribution in [-0.2, 0) is 0 Å². The third-order valence-electron chi connectivity index (χ3n) is 5.19. The van der Waals surface area contributed by atoms with Gasteiger partial charge in [0.2, 0.25) is 0 Å². The van der Waals surface area contributed by atoms with E-state index in [1.165, 1.54) is 5.57 Å². The lowest BCUT2D eigenvalue weighted by Gasteiger charge is -2.21. The van der Waals surface area contributed by atoms with Crippen molar-refractivity contribution in [1.29, 1.82) is 0 Å². The van der Waals surface area contributed by atoms with Gasteiger partial charge in [0.15, 0.2) is 0 Å². The standard InChI is InChI=1S/C18H19N3O3/c1-10-2-3-12-8-21(9-13(12)6-10)18(24)11-4-5-14-15(7-11)20-17(23)16(22)19-14/h2,4-5,7,12-13H,3,6,8-9H2,1H3,(H,19,22)(H,20,23)/t12-,13+/m0/s1. The van der Waals surface area contributed by atoms with E-state index < -0.39 is 11.1 Å². The van der Waals surface area contributed by atoms with Crippen LogP contribution >= 0.6 is 0 Å². The highest BCUT2D eigenvalue weighted by Gasteiger charge is 2.36. The zero-order chi connectivity index (χ0) is 16.8. The predicted molar refractivity (Wildman–Crippen MR) is 91.1 cm³/mol. The number of likely N-dealkylation sites (tertiary alicyclic amines) is 1. The third-order valence-corrected chi connectivity index (χ3v) is 5.19. The number of nitrogens with zero attached hydrogens (tertiary/aromatic N) is 1. The number of amides is 1. The van der Waals surface area contributed by atoms with E-state index in [9.17, 15) is 14.4 Å². The summed E-state index contributed by atoms with van der Waals surface area (Å²) in [6.45, 7) is 3.73. The van der Waals surface area contributed by atoms with Gasteiger partial charge in [-0.15, -0.1) is 0 Å². The Labute approximate surface area is 138 Å². The van der Waals surface area contributed by atoms with Crippen LogP contribution < -0.4 is 11.1 Å². The summed E-state index contributed by atoms with van der Waals surface area (Å²) in [7, 11) is 0. The van der Waals surface area contributed by atoms with Crippen molar-refractivity contribution in [3.8, 4) is 0 Å². The Hall–Kier alpha value is -2.63. The van der Waals surface area contributed by atoms with Crippen LogP contribution in [0.2, 0.25) is 0 Å². The molecule has 1 aromatic carbocycles. The first kappa shape index (κ1) is 14.9. The number of aromatic amines is 2. The molecule has 1 aliphatic heterocycles. The van der Waals surface area contributed by atoms with Gasteiger partial charge < -0.3 is 14.9 Å². The maximum absolute atomic E-state index is 12.8. The zero-order valence-electron chi connectivity index (χ0n) is 13.5. The van der Waals surface area contributed by atoms with Gasteiger partial charge in [0, 0.05) is 18.7 Å². The lowest BCUT2D eigenvalue weighted by Crippen LogP contribution is -2.30. The molecule has 4 rings (SSSR count). The number of benzene rings is 1. The van der Waals surface area contributed by atoms with Gasteiger partial charge in [-0.3, -0.25) is 14.4 Å². The van der Waals surface area contributed by atoms with E-state index in [0.29, 0.717) is 28.4 Å². The number of carbonyl (C=O) groups excluding carboxylic acids is 1. The van der Waals surface area contributed by atoms with Crippen LogP contribution in [0.4, 0.5) is 0 Å². The molecule has 0 spiro atoms. The fraction of sp³-hybridized carbons (Fsp3) is 0.389. The van der Waals surface area contributed by atoms with Crippen molar-refractivity contribution < 1.29 is 4.79 Å². The maximum atomic E-state index is 12.8. The van der Waals surface area contributed by atoms with Crippen LogP contribution in [0.5, 0.6) is 0 Å². The quantitative estimate of drug-likeness (QED) is 0.617. The van der Waals surface area contributed by atoms with Gasteiger partial charge in [0.05, 0.1) is 11.0 Å². The fourth-order valence-electron chi connectivity index (χ4n) is 3.88.